The Morgan fingerprint density at radius 2 is 2.26 bits per heavy atom. The van der Waals surface area contributed by atoms with E-state index >= 15 is 0 Å². The Labute approximate surface area is 114 Å². The maximum absolute atomic E-state index is 11.7. The summed E-state index contributed by atoms with van der Waals surface area (Å²) in [4.78, 5) is 11.7. The Balaban J connectivity index is 2.27. The van der Waals surface area contributed by atoms with E-state index in [0.29, 0.717) is 29.4 Å². The fraction of sp³-hybridized carbons (Fsp3) is 0.615. The van der Waals surface area contributed by atoms with E-state index in [9.17, 15) is 15.0 Å². The first kappa shape index (κ1) is 14.4. The highest BCUT2D eigenvalue weighted by atomic mass is 32.2. The molecule has 1 aliphatic rings. The van der Waals surface area contributed by atoms with E-state index in [1.807, 2.05) is 6.26 Å². The quantitative estimate of drug-likeness (QED) is 0.634. The Morgan fingerprint density at radius 1 is 1.58 bits per heavy atom. The molecule has 1 fully saturated rings. The van der Waals surface area contributed by atoms with Gasteiger partial charge in [0.15, 0.2) is 5.76 Å². The van der Waals surface area contributed by atoms with Crippen molar-refractivity contribution in [3.05, 3.63) is 23.2 Å². The molecule has 1 aromatic rings. The number of rotatable bonds is 3. The minimum atomic E-state index is -0.839. The number of ether oxygens (including phenoxy) is 1. The Bertz CT molecular complexity index is 470. The van der Waals surface area contributed by atoms with Gasteiger partial charge >= 0.3 is 5.97 Å². The summed E-state index contributed by atoms with van der Waals surface area (Å²) >= 11 is 0. The molecule has 0 bridgehead atoms. The Hall–Kier alpha value is -0.980. The lowest BCUT2D eigenvalue weighted by Crippen LogP contribution is -2.25. The maximum Gasteiger partial charge on any atom is 0.341 e. The molecule has 2 N–H and O–H groups in total. The zero-order valence-electron chi connectivity index (χ0n) is 11.3. The molecule has 106 valence electrons. The van der Waals surface area contributed by atoms with Gasteiger partial charge in [0.2, 0.25) is 5.25 Å². The molecule has 0 aliphatic carbocycles. The minimum Gasteiger partial charge on any atom is -0.462 e. The summed E-state index contributed by atoms with van der Waals surface area (Å²) in [5.74, 6) is 1.17. The summed E-state index contributed by atoms with van der Waals surface area (Å²) in [7, 11) is -0.180. The zero-order valence-corrected chi connectivity index (χ0v) is 12.1. The van der Waals surface area contributed by atoms with E-state index in [4.69, 9.17) is 9.15 Å². The van der Waals surface area contributed by atoms with Crippen molar-refractivity contribution in [2.75, 3.05) is 18.6 Å². The van der Waals surface area contributed by atoms with Gasteiger partial charge in [-0.05, 0) is 19.9 Å². The van der Waals surface area contributed by atoms with E-state index in [1.54, 1.807) is 19.9 Å². The molecule has 6 heteroatoms. The van der Waals surface area contributed by atoms with E-state index in [0.717, 1.165) is 0 Å². The van der Waals surface area contributed by atoms with Crippen molar-refractivity contribution in [1.82, 2.24) is 0 Å². The highest BCUT2D eigenvalue weighted by Gasteiger charge is 2.50. The van der Waals surface area contributed by atoms with Crippen LogP contribution in [0.25, 0.3) is 0 Å². The van der Waals surface area contributed by atoms with Gasteiger partial charge in [0.1, 0.15) is 29.3 Å². The number of carbonyl (C=O) groups excluding carboxylic acids is 1. The van der Waals surface area contributed by atoms with E-state index < -0.39 is 18.2 Å². The molecule has 1 aromatic heterocycles. The van der Waals surface area contributed by atoms with Crippen LogP contribution in [-0.2, 0) is 15.6 Å². The standard InChI is InChI=1S/C13H19O5S/c1-4-17-13(16)8-5-10(18-7(8)2)12-11(15)9(14)6-19(12)3/h5,9,11-12,14-15H,4,6H2,1-3H3/q+1/t9-,11-,12-,19?/m1/s1. The number of carbonyl (C=O) groups is 1. The summed E-state index contributed by atoms with van der Waals surface area (Å²) in [6.45, 7) is 3.75. The number of hydrogen-bond acceptors (Lipinski definition) is 5. The molecule has 0 saturated carbocycles. The predicted octanol–water partition coefficient (Wildman–Crippen LogP) is 0.789. The van der Waals surface area contributed by atoms with Gasteiger partial charge in [0, 0.05) is 10.9 Å². The molecule has 0 aromatic carbocycles. The van der Waals surface area contributed by atoms with Crippen LogP contribution in [0.3, 0.4) is 0 Å². The van der Waals surface area contributed by atoms with Crippen LogP contribution in [-0.4, -0.2) is 47.0 Å². The number of furan rings is 1. The summed E-state index contributed by atoms with van der Waals surface area (Å²) in [5.41, 5.74) is 0.391. The minimum absolute atomic E-state index is 0.180. The molecule has 1 unspecified atom stereocenters. The Morgan fingerprint density at radius 3 is 2.79 bits per heavy atom. The first-order valence-electron chi connectivity index (χ1n) is 6.20. The van der Waals surface area contributed by atoms with Crippen LogP contribution in [0.2, 0.25) is 0 Å². The molecule has 1 saturated heterocycles. The first-order chi connectivity index (χ1) is 8.95. The van der Waals surface area contributed by atoms with E-state index in [1.165, 1.54) is 0 Å². The first-order valence-corrected chi connectivity index (χ1v) is 8.07. The third-order valence-corrected chi connectivity index (χ3v) is 5.53. The lowest BCUT2D eigenvalue weighted by Gasteiger charge is -2.09. The fourth-order valence-electron chi connectivity index (χ4n) is 2.33. The van der Waals surface area contributed by atoms with Crippen molar-refractivity contribution in [3.8, 4) is 0 Å². The second-order valence-electron chi connectivity index (χ2n) is 4.68. The van der Waals surface area contributed by atoms with Crippen LogP contribution >= 0.6 is 0 Å². The topological polar surface area (TPSA) is 79.9 Å². The summed E-state index contributed by atoms with van der Waals surface area (Å²) in [6, 6.07) is 1.63. The molecule has 0 spiro atoms. The molecular formula is C13H19O5S+. The fourth-order valence-corrected chi connectivity index (χ4v) is 4.45. The van der Waals surface area contributed by atoms with Crippen molar-refractivity contribution in [2.45, 2.75) is 31.3 Å². The second kappa shape index (κ2) is 5.56. The third-order valence-electron chi connectivity index (χ3n) is 3.28. The monoisotopic (exact) mass is 287 g/mol. The van der Waals surface area contributed by atoms with Crippen molar-refractivity contribution in [1.29, 1.82) is 0 Å². The summed E-state index contributed by atoms with van der Waals surface area (Å²) in [5, 5.41) is 19.4. The number of aliphatic hydroxyl groups excluding tert-OH is 2. The molecule has 5 nitrogen and oxygen atoms in total. The maximum atomic E-state index is 11.7. The van der Waals surface area contributed by atoms with Crippen LogP contribution in [0, 0.1) is 6.92 Å². The smallest absolute Gasteiger partial charge is 0.341 e. The molecule has 2 rings (SSSR count). The van der Waals surface area contributed by atoms with E-state index in [-0.39, 0.29) is 16.1 Å². The average Bonchev–Trinajstić information content (AvgIpc) is 2.81. The van der Waals surface area contributed by atoms with E-state index in [2.05, 4.69) is 0 Å². The summed E-state index contributed by atoms with van der Waals surface area (Å²) in [6.07, 6.45) is 0.412. The molecule has 0 radical (unpaired) electrons. The van der Waals surface area contributed by atoms with Gasteiger partial charge in [-0.3, -0.25) is 0 Å². The van der Waals surface area contributed by atoms with Crippen LogP contribution in [0.15, 0.2) is 10.5 Å². The number of aliphatic hydroxyl groups is 2. The zero-order chi connectivity index (χ0) is 14.2. The molecule has 1 aliphatic heterocycles. The molecule has 2 heterocycles. The SMILES string of the molecule is CCOC(=O)c1cc([C@@H]2[C@H](O)[C@H](O)C[S+]2C)oc1C. The van der Waals surface area contributed by atoms with Crippen LogP contribution in [0.4, 0.5) is 0 Å². The third kappa shape index (κ3) is 2.66. The highest BCUT2D eigenvalue weighted by molar-refractivity contribution is 7.96. The van der Waals surface area contributed by atoms with Crippen LogP contribution < -0.4 is 0 Å². The summed E-state index contributed by atoms with van der Waals surface area (Å²) < 4.78 is 10.5. The van der Waals surface area contributed by atoms with Crippen LogP contribution in [0.1, 0.15) is 34.1 Å². The number of hydrogen-bond donors (Lipinski definition) is 2. The molecule has 0 amide bonds. The number of esters is 1. The van der Waals surface area contributed by atoms with Gasteiger partial charge in [-0.2, -0.15) is 0 Å². The second-order valence-corrected chi connectivity index (χ2v) is 6.90. The van der Waals surface area contributed by atoms with Crippen molar-refractivity contribution < 1.29 is 24.2 Å². The molecule has 19 heavy (non-hydrogen) atoms. The molecule has 4 atom stereocenters. The van der Waals surface area contributed by atoms with Crippen molar-refractivity contribution in [2.24, 2.45) is 0 Å². The average molecular weight is 287 g/mol. The lowest BCUT2D eigenvalue weighted by molar-refractivity contribution is 0.0386. The largest absolute Gasteiger partial charge is 0.462 e. The normalized spacial score (nSPS) is 30.6. The number of aryl methyl sites for hydroxylation is 1. The van der Waals surface area contributed by atoms with Crippen molar-refractivity contribution >= 4 is 16.9 Å². The Kier molecular flexibility index (Phi) is 4.23. The lowest BCUT2D eigenvalue weighted by atomic mass is 10.1. The van der Waals surface area contributed by atoms with Gasteiger partial charge in [0.05, 0.1) is 12.9 Å². The van der Waals surface area contributed by atoms with Crippen LogP contribution in [0.5, 0.6) is 0 Å². The van der Waals surface area contributed by atoms with Gasteiger partial charge in [0.25, 0.3) is 0 Å². The van der Waals surface area contributed by atoms with Gasteiger partial charge in [-0.1, -0.05) is 0 Å². The van der Waals surface area contributed by atoms with Crippen molar-refractivity contribution in [3.63, 3.8) is 0 Å². The predicted molar refractivity (Wildman–Crippen MR) is 72.3 cm³/mol. The molecular weight excluding hydrogens is 268 g/mol. The van der Waals surface area contributed by atoms with Gasteiger partial charge in [-0.25, -0.2) is 4.79 Å². The van der Waals surface area contributed by atoms with Gasteiger partial charge in [-0.15, -0.1) is 0 Å². The van der Waals surface area contributed by atoms with Gasteiger partial charge < -0.3 is 19.4 Å². The highest BCUT2D eigenvalue weighted by Crippen LogP contribution is 2.37.